The quantitative estimate of drug-likeness (QED) is 0.470. The van der Waals surface area contributed by atoms with E-state index in [-0.39, 0.29) is 13.2 Å². The van der Waals surface area contributed by atoms with E-state index in [0.29, 0.717) is 29.4 Å². The summed E-state index contributed by atoms with van der Waals surface area (Å²) in [6.45, 7) is 1.55. The molecule has 0 spiro atoms. The van der Waals surface area contributed by atoms with E-state index >= 15 is 0 Å². The average Bonchev–Trinajstić information content (AvgIpc) is 2.70. The Morgan fingerprint density at radius 3 is 1.96 bits per heavy atom. The summed E-state index contributed by atoms with van der Waals surface area (Å²) in [5.41, 5.74) is 1.10. The van der Waals surface area contributed by atoms with E-state index in [1.165, 1.54) is 12.4 Å². The van der Waals surface area contributed by atoms with Crippen molar-refractivity contribution < 1.29 is 19.8 Å². The third-order valence-electron chi connectivity index (χ3n) is 2.98. The lowest BCUT2D eigenvalue weighted by Gasteiger charge is -2.15. The Hall–Kier alpha value is -2.39. The molecular weight excluding hydrogens is 372 g/mol. The highest BCUT2D eigenvalue weighted by Gasteiger charge is 2.00. The number of nitrogens with one attached hydrogen (secondary N) is 1. The molecule has 2 rings (SSSR count). The molecule has 8 nitrogen and oxygen atoms in total. The van der Waals surface area contributed by atoms with E-state index in [9.17, 15) is 9.59 Å². The number of carbonyl (C=O) groups excluding carboxylic acids is 2. The van der Waals surface area contributed by atoms with Gasteiger partial charge in [0.05, 0.1) is 13.2 Å². The number of aliphatic hydroxyl groups is 2. The summed E-state index contributed by atoms with van der Waals surface area (Å²) >= 11 is 5.44. The first kappa shape index (κ1) is 24.6. The second kappa shape index (κ2) is 15.8. The fourth-order valence-corrected chi connectivity index (χ4v) is 1.64. The van der Waals surface area contributed by atoms with Gasteiger partial charge in [-0.05, 0) is 31.3 Å². The number of carbonyl (C=O) groups is 2. The van der Waals surface area contributed by atoms with Gasteiger partial charge in [0.25, 0.3) is 0 Å². The standard InChI is InChI=1S/C9H12N2O2.C6H4ClNO.C3H9NO/c1-11(4-5-12)9-3-2-8(7-13)6-10-9;7-6-2-1-5(4-9)3-8-6;1-4-2-3-5/h2-3,6-7,12H,4-5H2,1H3;1-4H;4-5H,2-3H2,1H3. The maximum Gasteiger partial charge on any atom is 0.151 e. The van der Waals surface area contributed by atoms with E-state index in [1.54, 1.807) is 31.3 Å². The summed E-state index contributed by atoms with van der Waals surface area (Å²) in [5.74, 6) is 0.750. The highest BCUT2D eigenvalue weighted by Crippen LogP contribution is 2.07. The number of hydrogen-bond donors (Lipinski definition) is 3. The molecule has 0 amide bonds. The molecule has 0 bridgehead atoms. The summed E-state index contributed by atoms with van der Waals surface area (Å²) in [4.78, 5) is 29.9. The zero-order valence-electron chi connectivity index (χ0n) is 15.4. The van der Waals surface area contributed by atoms with Crippen molar-refractivity contribution in [2.24, 2.45) is 0 Å². The molecule has 0 saturated heterocycles. The van der Waals surface area contributed by atoms with Crippen LogP contribution in [0.5, 0.6) is 0 Å². The van der Waals surface area contributed by atoms with Crippen LogP contribution in [0.4, 0.5) is 5.82 Å². The first-order valence-electron chi connectivity index (χ1n) is 8.07. The molecule has 0 fully saturated rings. The fourth-order valence-electron chi connectivity index (χ4n) is 1.53. The lowest BCUT2D eigenvalue weighted by atomic mass is 10.3. The van der Waals surface area contributed by atoms with Gasteiger partial charge in [0.2, 0.25) is 0 Å². The Morgan fingerprint density at radius 1 is 1.04 bits per heavy atom. The van der Waals surface area contributed by atoms with Crippen LogP contribution in [-0.4, -0.2) is 73.2 Å². The summed E-state index contributed by atoms with van der Waals surface area (Å²) in [6, 6.07) is 6.64. The minimum Gasteiger partial charge on any atom is -0.395 e. The maximum absolute atomic E-state index is 10.3. The van der Waals surface area contributed by atoms with E-state index in [1.807, 2.05) is 11.9 Å². The molecule has 0 aliphatic rings. The topological polar surface area (TPSA) is 116 Å². The number of nitrogens with zero attached hydrogens (tertiary/aromatic N) is 3. The largest absolute Gasteiger partial charge is 0.395 e. The zero-order chi connectivity index (χ0) is 20.5. The number of likely N-dealkylation sites (N-methyl/N-ethyl adjacent to an activating group) is 2. The van der Waals surface area contributed by atoms with E-state index in [0.717, 1.165) is 18.4 Å². The molecule has 0 saturated carbocycles. The van der Waals surface area contributed by atoms with Gasteiger partial charge in [-0.2, -0.15) is 0 Å². The highest BCUT2D eigenvalue weighted by atomic mass is 35.5. The van der Waals surface area contributed by atoms with E-state index < -0.39 is 0 Å². The second-order valence-electron chi connectivity index (χ2n) is 5.07. The fraction of sp³-hybridized carbons (Fsp3) is 0.333. The van der Waals surface area contributed by atoms with Crippen LogP contribution in [0.25, 0.3) is 0 Å². The molecule has 0 aromatic carbocycles. The average molecular weight is 397 g/mol. The SMILES string of the molecule is CN(CCO)c1ccc(C=O)cn1.CNCCO.O=Cc1ccc(Cl)nc1. The number of aldehydes is 2. The maximum atomic E-state index is 10.3. The van der Waals surface area contributed by atoms with Gasteiger partial charge in [-0.3, -0.25) is 9.59 Å². The van der Waals surface area contributed by atoms with Gasteiger partial charge in [0.15, 0.2) is 12.6 Å². The van der Waals surface area contributed by atoms with Crippen molar-refractivity contribution in [2.45, 2.75) is 0 Å². The van der Waals surface area contributed by atoms with Crippen LogP contribution in [-0.2, 0) is 0 Å². The van der Waals surface area contributed by atoms with Crippen molar-refractivity contribution in [2.75, 3.05) is 45.3 Å². The van der Waals surface area contributed by atoms with E-state index in [2.05, 4.69) is 15.3 Å². The summed E-state index contributed by atoms with van der Waals surface area (Å²) in [6.07, 6.45) is 4.41. The van der Waals surface area contributed by atoms with Crippen molar-refractivity contribution in [3.05, 3.63) is 52.9 Å². The van der Waals surface area contributed by atoms with Crippen LogP contribution in [0, 0.1) is 0 Å². The molecule has 2 heterocycles. The monoisotopic (exact) mass is 396 g/mol. The van der Waals surface area contributed by atoms with Crippen LogP contribution >= 0.6 is 11.6 Å². The molecule has 0 atom stereocenters. The normalized spacial score (nSPS) is 9.22. The van der Waals surface area contributed by atoms with Gasteiger partial charge in [0, 0.05) is 43.7 Å². The number of aliphatic hydroxyl groups excluding tert-OH is 2. The lowest BCUT2D eigenvalue weighted by Crippen LogP contribution is -2.22. The molecule has 9 heteroatoms. The number of hydrogen-bond acceptors (Lipinski definition) is 8. The van der Waals surface area contributed by atoms with Gasteiger partial charge in [-0.15, -0.1) is 0 Å². The smallest absolute Gasteiger partial charge is 0.151 e. The van der Waals surface area contributed by atoms with Crippen molar-refractivity contribution in [3.63, 3.8) is 0 Å². The van der Waals surface area contributed by atoms with Crippen molar-refractivity contribution >= 4 is 30.0 Å². The van der Waals surface area contributed by atoms with Crippen LogP contribution in [0.2, 0.25) is 5.15 Å². The van der Waals surface area contributed by atoms with Gasteiger partial charge in [-0.25, -0.2) is 9.97 Å². The summed E-state index contributed by atoms with van der Waals surface area (Å²) in [5, 5.41) is 19.8. The van der Waals surface area contributed by atoms with Gasteiger partial charge >= 0.3 is 0 Å². The minimum absolute atomic E-state index is 0.0909. The third-order valence-corrected chi connectivity index (χ3v) is 3.21. The first-order valence-corrected chi connectivity index (χ1v) is 8.45. The van der Waals surface area contributed by atoms with Crippen LogP contribution in [0.1, 0.15) is 20.7 Å². The summed E-state index contributed by atoms with van der Waals surface area (Å²) < 4.78 is 0. The first-order chi connectivity index (χ1) is 13.0. The number of halogens is 1. The number of pyridine rings is 2. The van der Waals surface area contributed by atoms with Crippen molar-refractivity contribution in [1.82, 2.24) is 15.3 Å². The predicted molar refractivity (Wildman–Crippen MR) is 106 cm³/mol. The molecule has 0 unspecified atom stereocenters. The zero-order valence-corrected chi connectivity index (χ0v) is 16.1. The third kappa shape index (κ3) is 11.8. The Balaban J connectivity index is 0.000000419. The molecule has 0 aliphatic heterocycles. The molecule has 27 heavy (non-hydrogen) atoms. The Bertz CT molecular complexity index is 637. The molecule has 2 aromatic heterocycles. The van der Waals surface area contributed by atoms with Crippen LogP contribution in [0.15, 0.2) is 36.7 Å². The molecular formula is C18H25ClN4O4. The summed E-state index contributed by atoms with van der Waals surface area (Å²) in [7, 11) is 3.63. The number of aromatic nitrogens is 2. The van der Waals surface area contributed by atoms with Gasteiger partial charge < -0.3 is 20.4 Å². The van der Waals surface area contributed by atoms with Gasteiger partial charge in [0.1, 0.15) is 11.0 Å². The Kier molecular flexibility index (Phi) is 14.4. The van der Waals surface area contributed by atoms with Crippen molar-refractivity contribution in [1.29, 1.82) is 0 Å². The number of rotatable bonds is 7. The minimum atomic E-state index is 0.0909. The molecule has 2 aromatic rings. The second-order valence-corrected chi connectivity index (χ2v) is 5.46. The predicted octanol–water partition coefficient (Wildman–Crippen LogP) is 1.07. The lowest BCUT2D eigenvalue weighted by molar-refractivity contribution is 0.111. The molecule has 0 aliphatic carbocycles. The van der Waals surface area contributed by atoms with Crippen LogP contribution in [0.3, 0.4) is 0 Å². The number of anilines is 1. The van der Waals surface area contributed by atoms with Crippen LogP contribution < -0.4 is 10.2 Å². The molecule has 0 radical (unpaired) electrons. The Labute approximate surface area is 163 Å². The van der Waals surface area contributed by atoms with Crippen molar-refractivity contribution in [3.8, 4) is 0 Å². The highest BCUT2D eigenvalue weighted by molar-refractivity contribution is 6.29. The van der Waals surface area contributed by atoms with E-state index in [4.69, 9.17) is 21.8 Å². The molecule has 148 valence electrons. The molecule has 3 N–H and O–H groups in total. The Morgan fingerprint density at radius 2 is 1.63 bits per heavy atom. The van der Waals surface area contributed by atoms with Gasteiger partial charge in [-0.1, -0.05) is 11.6 Å².